The first-order valence-corrected chi connectivity index (χ1v) is 4.08. The second-order valence-corrected chi connectivity index (χ2v) is 3.05. The van der Waals surface area contributed by atoms with Crippen molar-refractivity contribution in [1.82, 2.24) is 15.0 Å². The SMILES string of the molecule is Nc1cnn(CC2CCOC2)n1. The summed E-state index contributed by atoms with van der Waals surface area (Å²) in [6.45, 7) is 2.50. The molecule has 1 saturated heterocycles. The zero-order chi connectivity index (χ0) is 8.39. The molecule has 0 saturated carbocycles. The standard InChI is InChI=1S/C7H12N4O/c8-7-3-9-11(10-7)4-6-1-2-12-5-6/h3,6H,1-2,4-5H2,(H2,8,10). The van der Waals surface area contributed by atoms with Gasteiger partial charge < -0.3 is 10.5 Å². The molecule has 1 fully saturated rings. The van der Waals surface area contributed by atoms with Crippen molar-refractivity contribution in [2.45, 2.75) is 13.0 Å². The van der Waals surface area contributed by atoms with E-state index in [0.717, 1.165) is 26.2 Å². The van der Waals surface area contributed by atoms with Crippen LogP contribution in [-0.4, -0.2) is 28.2 Å². The van der Waals surface area contributed by atoms with Gasteiger partial charge in [-0.25, -0.2) is 0 Å². The topological polar surface area (TPSA) is 66.0 Å². The summed E-state index contributed by atoms with van der Waals surface area (Å²) >= 11 is 0. The highest BCUT2D eigenvalue weighted by atomic mass is 16.5. The summed E-state index contributed by atoms with van der Waals surface area (Å²) in [4.78, 5) is 1.63. The van der Waals surface area contributed by atoms with Crippen LogP contribution in [0, 0.1) is 5.92 Å². The zero-order valence-electron chi connectivity index (χ0n) is 6.81. The summed E-state index contributed by atoms with van der Waals surface area (Å²) in [5, 5.41) is 8.01. The summed E-state index contributed by atoms with van der Waals surface area (Å²) in [7, 11) is 0. The zero-order valence-corrected chi connectivity index (χ0v) is 6.81. The molecule has 1 aliphatic rings. The molecule has 1 atom stereocenters. The second-order valence-electron chi connectivity index (χ2n) is 3.05. The van der Waals surface area contributed by atoms with E-state index >= 15 is 0 Å². The van der Waals surface area contributed by atoms with Crippen LogP contribution in [0.25, 0.3) is 0 Å². The largest absolute Gasteiger partial charge is 0.381 e. The molecule has 2 N–H and O–H groups in total. The highest BCUT2D eigenvalue weighted by molar-refractivity contribution is 5.19. The van der Waals surface area contributed by atoms with E-state index in [0.29, 0.717) is 11.7 Å². The number of hydrogen-bond donors (Lipinski definition) is 1. The Morgan fingerprint density at radius 3 is 3.25 bits per heavy atom. The first kappa shape index (κ1) is 7.54. The van der Waals surface area contributed by atoms with E-state index in [2.05, 4.69) is 10.2 Å². The molecule has 0 spiro atoms. The third kappa shape index (κ3) is 1.55. The minimum Gasteiger partial charge on any atom is -0.381 e. The van der Waals surface area contributed by atoms with E-state index in [1.165, 1.54) is 0 Å². The van der Waals surface area contributed by atoms with Crippen LogP contribution >= 0.6 is 0 Å². The van der Waals surface area contributed by atoms with E-state index in [1.54, 1.807) is 11.0 Å². The van der Waals surface area contributed by atoms with Gasteiger partial charge in [-0.3, -0.25) is 0 Å². The molecule has 2 heterocycles. The van der Waals surface area contributed by atoms with Gasteiger partial charge in [0.25, 0.3) is 0 Å². The van der Waals surface area contributed by atoms with Crippen molar-refractivity contribution in [3.63, 3.8) is 0 Å². The average Bonchev–Trinajstić information content (AvgIpc) is 2.63. The molecule has 5 nitrogen and oxygen atoms in total. The number of anilines is 1. The van der Waals surface area contributed by atoms with Crippen LogP contribution in [0.1, 0.15) is 6.42 Å². The molecule has 12 heavy (non-hydrogen) atoms. The van der Waals surface area contributed by atoms with Crippen LogP contribution in [0.4, 0.5) is 5.82 Å². The summed E-state index contributed by atoms with van der Waals surface area (Å²) in [5.74, 6) is 1.03. The van der Waals surface area contributed by atoms with Gasteiger partial charge in [-0.2, -0.15) is 9.90 Å². The predicted octanol–water partition coefficient (Wildman–Crippen LogP) is -0.103. The van der Waals surface area contributed by atoms with Crippen LogP contribution in [0.5, 0.6) is 0 Å². The third-order valence-electron chi connectivity index (χ3n) is 2.00. The van der Waals surface area contributed by atoms with Crippen molar-refractivity contribution in [3.05, 3.63) is 6.20 Å². The van der Waals surface area contributed by atoms with Crippen molar-refractivity contribution in [2.75, 3.05) is 18.9 Å². The fraction of sp³-hybridized carbons (Fsp3) is 0.714. The lowest BCUT2D eigenvalue weighted by Gasteiger charge is -2.04. The van der Waals surface area contributed by atoms with Gasteiger partial charge in [0.15, 0.2) is 5.82 Å². The van der Waals surface area contributed by atoms with Crippen LogP contribution in [0.3, 0.4) is 0 Å². The van der Waals surface area contributed by atoms with E-state index in [4.69, 9.17) is 10.5 Å². The minimum atomic E-state index is 0.480. The van der Waals surface area contributed by atoms with E-state index in [9.17, 15) is 0 Å². The Morgan fingerprint density at radius 1 is 1.75 bits per heavy atom. The molecule has 0 bridgehead atoms. The normalized spacial score (nSPS) is 23.2. The highest BCUT2D eigenvalue weighted by Crippen LogP contribution is 2.13. The highest BCUT2D eigenvalue weighted by Gasteiger charge is 2.16. The van der Waals surface area contributed by atoms with Crippen molar-refractivity contribution >= 4 is 5.82 Å². The van der Waals surface area contributed by atoms with Crippen molar-refractivity contribution < 1.29 is 4.74 Å². The molecule has 1 unspecified atom stereocenters. The summed E-state index contributed by atoms with van der Waals surface area (Å²) in [6, 6.07) is 0. The molecule has 1 aromatic rings. The molecule has 0 aromatic carbocycles. The van der Waals surface area contributed by atoms with Gasteiger partial charge in [0.1, 0.15) is 0 Å². The quantitative estimate of drug-likeness (QED) is 0.669. The molecule has 2 rings (SSSR count). The Bertz CT molecular complexity index is 254. The fourth-order valence-corrected chi connectivity index (χ4v) is 1.36. The lowest BCUT2D eigenvalue weighted by Crippen LogP contribution is -2.13. The summed E-state index contributed by atoms with van der Waals surface area (Å²) in [6.07, 6.45) is 2.66. The molecule has 0 aliphatic carbocycles. The average molecular weight is 168 g/mol. The summed E-state index contributed by atoms with van der Waals surface area (Å²) < 4.78 is 5.24. The van der Waals surface area contributed by atoms with Gasteiger partial charge in [-0.05, 0) is 6.42 Å². The molecule has 1 aliphatic heterocycles. The number of rotatable bonds is 2. The molecular formula is C7H12N4O. The van der Waals surface area contributed by atoms with Gasteiger partial charge in [-0.15, -0.1) is 5.10 Å². The van der Waals surface area contributed by atoms with Crippen molar-refractivity contribution in [1.29, 1.82) is 0 Å². The van der Waals surface area contributed by atoms with Gasteiger partial charge in [0.2, 0.25) is 0 Å². The lowest BCUT2D eigenvalue weighted by atomic mass is 10.1. The van der Waals surface area contributed by atoms with Crippen LogP contribution < -0.4 is 5.73 Å². The lowest BCUT2D eigenvalue weighted by molar-refractivity contribution is 0.180. The summed E-state index contributed by atoms with van der Waals surface area (Å²) in [5.41, 5.74) is 5.43. The Hall–Kier alpha value is -1.10. The Balaban J connectivity index is 1.94. The predicted molar refractivity (Wildman–Crippen MR) is 43.4 cm³/mol. The number of nitrogens with two attached hydrogens (primary N) is 1. The second kappa shape index (κ2) is 3.10. The minimum absolute atomic E-state index is 0.480. The maximum atomic E-state index is 5.43. The van der Waals surface area contributed by atoms with E-state index < -0.39 is 0 Å². The Kier molecular flexibility index (Phi) is 1.95. The fourth-order valence-electron chi connectivity index (χ4n) is 1.36. The maximum Gasteiger partial charge on any atom is 0.165 e. The molecule has 66 valence electrons. The maximum absolute atomic E-state index is 5.43. The van der Waals surface area contributed by atoms with Crippen LogP contribution in [0.15, 0.2) is 6.20 Å². The first-order chi connectivity index (χ1) is 5.84. The van der Waals surface area contributed by atoms with Gasteiger partial charge in [0, 0.05) is 12.5 Å². The molecule has 5 heteroatoms. The number of aromatic nitrogens is 3. The number of ether oxygens (including phenoxy) is 1. The van der Waals surface area contributed by atoms with Gasteiger partial charge in [0.05, 0.1) is 19.3 Å². The number of hydrogen-bond acceptors (Lipinski definition) is 4. The van der Waals surface area contributed by atoms with Crippen molar-refractivity contribution in [2.24, 2.45) is 5.92 Å². The van der Waals surface area contributed by atoms with E-state index in [-0.39, 0.29) is 0 Å². The van der Waals surface area contributed by atoms with Crippen LogP contribution in [0.2, 0.25) is 0 Å². The van der Waals surface area contributed by atoms with E-state index in [1.807, 2.05) is 0 Å². The van der Waals surface area contributed by atoms with Crippen LogP contribution in [-0.2, 0) is 11.3 Å². The molecule has 1 aromatic heterocycles. The monoisotopic (exact) mass is 168 g/mol. The number of nitrogens with zero attached hydrogens (tertiary/aromatic N) is 3. The Labute approximate surface area is 70.5 Å². The molecular weight excluding hydrogens is 156 g/mol. The smallest absolute Gasteiger partial charge is 0.165 e. The van der Waals surface area contributed by atoms with Gasteiger partial charge in [-0.1, -0.05) is 0 Å². The van der Waals surface area contributed by atoms with Crippen molar-refractivity contribution in [3.8, 4) is 0 Å². The molecule has 0 radical (unpaired) electrons. The Morgan fingerprint density at radius 2 is 2.67 bits per heavy atom. The first-order valence-electron chi connectivity index (χ1n) is 4.08. The number of nitrogen functional groups attached to an aromatic ring is 1. The molecule has 0 amide bonds. The third-order valence-corrected chi connectivity index (χ3v) is 2.00. The van der Waals surface area contributed by atoms with Gasteiger partial charge >= 0.3 is 0 Å².